The number of hydrogen-bond acceptors (Lipinski definition) is 5. The lowest BCUT2D eigenvalue weighted by atomic mass is 10.1. The van der Waals surface area contributed by atoms with Gasteiger partial charge in [-0.3, -0.25) is 9.69 Å². The number of hydrogen-bond donors (Lipinski definition) is 0. The minimum atomic E-state index is 0. The van der Waals surface area contributed by atoms with Gasteiger partial charge in [-0.15, -0.1) is 12.4 Å². The van der Waals surface area contributed by atoms with Gasteiger partial charge in [-0.25, -0.2) is 4.98 Å². The Morgan fingerprint density at radius 1 is 1.09 bits per heavy atom. The van der Waals surface area contributed by atoms with E-state index in [2.05, 4.69) is 59.5 Å². The number of aryl methyl sites for hydroxylation is 2. The van der Waals surface area contributed by atoms with Crippen LogP contribution in [0.15, 0.2) is 42.6 Å². The molecule has 4 rings (SSSR count). The Morgan fingerprint density at radius 2 is 1.82 bits per heavy atom. The summed E-state index contributed by atoms with van der Waals surface area (Å²) < 4.78 is 12.8. The van der Waals surface area contributed by atoms with E-state index in [1.165, 1.54) is 5.56 Å². The number of morpholine rings is 1. The Labute approximate surface area is 208 Å². The maximum atomic E-state index is 13.5. The molecule has 1 aliphatic rings. The minimum Gasteiger partial charge on any atom is -0.383 e. The van der Waals surface area contributed by atoms with Crippen molar-refractivity contribution in [3.8, 4) is 11.3 Å². The molecule has 7 nitrogen and oxygen atoms in total. The van der Waals surface area contributed by atoms with E-state index in [9.17, 15) is 4.79 Å². The monoisotopic (exact) mass is 486 g/mol. The van der Waals surface area contributed by atoms with Crippen LogP contribution in [-0.4, -0.2) is 84.7 Å². The Bertz CT molecular complexity index is 1080. The van der Waals surface area contributed by atoms with Crippen molar-refractivity contribution in [2.24, 2.45) is 0 Å². The van der Waals surface area contributed by atoms with Gasteiger partial charge in [0.1, 0.15) is 5.65 Å². The summed E-state index contributed by atoms with van der Waals surface area (Å²) in [4.78, 5) is 22.7. The lowest BCUT2D eigenvalue weighted by molar-refractivity contribution is -0.131. The van der Waals surface area contributed by atoms with Crippen LogP contribution in [0.1, 0.15) is 16.8 Å². The summed E-state index contributed by atoms with van der Waals surface area (Å²) in [6.45, 7) is 10.1. The van der Waals surface area contributed by atoms with Gasteiger partial charge in [-0.2, -0.15) is 0 Å². The fourth-order valence-electron chi connectivity index (χ4n) is 4.21. The molecular formula is C26H35ClN4O3. The largest absolute Gasteiger partial charge is 0.383 e. The van der Waals surface area contributed by atoms with E-state index in [0.29, 0.717) is 26.1 Å². The first-order valence-corrected chi connectivity index (χ1v) is 11.7. The second-order valence-corrected chi connectivity index (χ2v) is 8.71. The minimum absolute atomic E-state index is 0. The molecule has 3 aromatic rings. The number of aromatic nitrogens is 2. The number of nitrogens with zero attached hydrogens (tertiary/aromatic N) is 4. The number of imidazole rings is 1. The van der Waals surface area contributed by atoms with Gasteiger partial charge in [0.2, 0.25) is 5.91 Å². The normalized spacial score (nSPS) is 14.2. The molecule has 1 aliphatic heterocycles. The number of methoxy groups -OCH3 is 1. The van der Waals surface area contributed by atoms with Crippen LogP contribution in [0.25, 0.3) is 16.9 Å². The van der Waals surface area contributed by atoms with E-state index >= 15 is 0 Å². The van der Waals surface area contributed by atoms with Crippen molar-refractivity contribution in [2.45, 2.75) is 20.3 Å². The van der Waals surface area contributed by atoms with Crippen LogP contribution in [0.4, 0.5) is 0 Å². The lowest BCUT2D eigenvalue weighted by Crippen LogP contribution is -2.44. The smallest absolute Gasteiger partial charge is 0.228 e. The van der Waals surface area contributed by atoms with Gasteiger partial charge < -0.3 is 18.8 Å². The Kier molecular flexibility index (Phi) is 9.47. The van der Waals surface area contributed by atoms with Crippen LogP contribution in [0.3, 0.4) is 0 Å². The molecule has 3 heterocycles. The number of amides is 1. The Hall–Kier alpha value is -2.45. The van der Waals surface area contributed by atoms with Crippen LogP contribution in [0.2, 0.25) is 0 Å². The first-order valence-electron chi connectivity index (χ1n) is 11.7. The van der Waals surface area contributed by atoms with Crippen LogP contribution in [0, 0.1) is 13.8 Å². The second kappa shape index (κ2) is 12.3. The third-order valence-electron chi connectivity index (χ3n) is 6.23. The molecule has 8 heteroatoms. The molecule has 0 spiro atoms. The highest BCUT2D eigenvalue weighted by atomic mass is 35.5. The van der Waals surface area contributed by atoms with E-state index in [1.807, 2.05) is 11.1 Å². The summed E-state index contributed by atoms with van der Waals surface area (Å²) in [7, 11) is 1.67. The summed E-state index contributed by atoms with van der Waals surface area (Å²) in [6, 6.07) is 12.5. The molecule has 184 valence electrons. The number of halogens is 1. The third kappa shape index (κ3) is 6.36. The number of carbonyl (C=O) groups is 1. The fraction of sp³-hybridized carbons (Fsp3) is 0.462. The van der Waals surface area contributed by atoms with Crippen LogP contribution >= 0.6 is 12.4 Å². The summed E-state index contributed by atoms with van der Waals surface area (Å²) in [5.41, 5.74) is 6.03. The van der Waals surface area contributed by atoms with E-state index in [-0.39, 0.29) is 18.3 Å². The Morgan fingerprint density at radius 3 is 2.53 bits per heavy atom. The zero-order valence-electron chi connectivity index (χ0n) is 20.3. The van der Waals surface area contributed by atoms with Crippen molar-refractivity contribution < 1.29 is 14.3 Å². The molecule has 0 aliphatic carbocycles. The molecule has 0 atom stereocenters. The van der Waals surface area contributed by atoms with Crippen LogP contribution in [-0.2, 0) is 20.7 Å². The second-order valence-electron chi connectivity index (χ2n) is 8.71. The number of fused-ring (bicyclic) bond motifs is 1. The molecule has 0 bridgehead atoms. The van der Waals surface area contributed by atoms with Crippen molar-refractivity contribution in [1.82, 2.24) is 19.2 Å². The van der Waals surface area contributed by atoms with Crippen LogP contribution < -0.4 is 0 Å². The highest BCUT2D eigenvalue weighted by molar-refractivity contribution is 5.85. The molecule has 34 heavy (non-hydrogen) atoms. The average molecular weight is 487 g/mol. The average Bonchev–Trinajstić information content (AvgIpc) is 3.17. The maximum absolute atomic E-state index is 13.5. The summed E-state index contributed by atoms with van der Waals surface area (Å²) in [5, 5.41) is 0. The predicted molar refractivity (Wildman–Crippen MR) is 137 cm³/mol. The molecule has 0 radical (unpaired) electrons. The molecule has 0 N–H and O–H groups in total. The van der Waals surface area contributed by atoms with E-state index in [4.69, 9.17) is 14.5 Å². The molecule has 0 unspecified atom stereocenters. The van der Waals surface area contributed by atoms with Crippen molar-refractivity contribution in [3.05, 3.63) is 59.4 Å². The summed E-state index contributed by atoms with van der Waals surface area (Å²) in [5.74, 6) is 0.0936. The maximum Gasteiger partial charge on any atom is 0.228 e. The van der Waals surface area contributed by atoms with Crippen LogP contribution in [0.5, 0.6) is 0 Å². The number of carbonyl (C=O) groups excluding carboxylic acids is 1. The highest BCUT2D eigenvalue weighted by Crippen LogP contribution is 2.26. The van der Waals surface area contributed by atoms with Crippen molar-refractivity contribution in [1.29, 1.82) is 0 Å². The number of benzene rings is 1. The Balaban J connectivity index is 0.00000324. The number of rotatable bonds is 9. The topological polar surface area (TPSA) is 59.3 Å². The van der Waals surface area contributed by atoms with Crippen molar-refractivity contribution in [3.63, 3.8) is 0 Å². The lowest BCUT2D eigenvalue weighted by Gasteiger charge is -2.30. The van der Waals surface area contributed by atoms with E-state index < -0.39 is 0 Å². The zero-order valence-corrected chi connectivity index (χ0v) is 21.1. The summed E-state index contributed by atoms with van der Waals surface area (Å²) >= 11 is 0. The van der Waals surface area contributed by atoms with Gasteiger partial charge in [0.15, 0.2) is 0 Å². The van der Waals surface area contributed by atoms with E-state index in [1.54, 1.807) is 7.11 Å². The molecule has 1 amide bonds. The zero-order chi connectivity index (χ0) is 23.2. The van der Waals surface area contributed by atoms with Gasteiger partial charge in [0, 0.05) is 51.6 Å². The quantitative estimate of drug-likeness (QED) is 0.464. The van der Waals surface area contributed by atoms with Gasteiger partial charge in [0.05, 0.1) is 37.6 Å². The third-order valence-corrected chi connectivity index (χ3v) is 6.23. The molecule has 1 fully saturated rings. The molecular weight excluding hydrogens is 452 g/mol. The molecule has 1 aromatic carbocycles. The standard InChI is InChI=1S/C26H34N4O3.ClH/c1-20-4-6-22(7-5-20)26-23(30-9-8-21(2)18-24(30)27-26)19-25(31)29(14-15-32-3)11-10-28-12-16-33-17-13-28;/h4-9,18H,10-17,19H2,1-3H3;1H. The van der Waals surface area contributed by atoms with Gasteiger partial charge in [-0.05, 0) is 31.5 Å². The SMILES string of the molecule is COCCN(CCN1CCOCC1)C(=O)Cc1c(-c2ccc(C)cc2)nc2cc(C)ccn12.Cl. The molecule has 2 aromatic heterocycles. The number of ether oxygens (including phenoxy) is 2. The molecule has 1 saturated heterocycles. The predicted octanol–water partition coefficient (Wildman–Crippen LogP) is 3.39. The first-order chi connectivity index (χ1) is 16.0. The molecule has 0 saturated carbocycles. The number of pyridine rings is 1. The van der Waals surface area contributed by atoms with Crippen molar-refractivity contribution in [2.75, 3.05) is 59.7 Å². The van der Waals surface area contributed by atoms with E-state index in [0.717, 1.165) is 61.0 Å². The highest BCUT2D eigenvalue weighted by Gasteiger charge is 2.22. The van der Waals surface area contributed by atoms with Gasteiger partial charge >= 0.3 is 0 Å². The van der Waals surface area contributed by atoms with Gasteiger partial charge in [0.25, 0.3) is 0 Å². The first kappa shape index (κ1) is 26.2. The fourth-order valence-corrected chi connectivity index (χ4v) is 4.21. The van der Waals surface area contributed by atoms with Crippen molar-refractivity contribution >= 4 is 24.0 Å². The summed E-state index contributed by atoms with van der Waals surface area (Å²) in [6.07, 6.45) is 2.31. The van der Waals surface area contributed by atoms with Gasteiger partial charge in [-0.1, -0.05) is 29.8 Å².